The molecule has 94 valence electrons. The zero-order valence-electron chi connectivity index (χ0n) is 10.3. The van der Waals surface area contributed by atoms with E-state index in [1.165, 1.54) is 37.9 Å². The summed E-state index contributed by atoms with van der Waals surface area (Å²) in [5.41, 5.74) is 1.20. The lowest BCUT2D eigenvalue weighted by molar-refractivity contribution is 0.250. The molecule has 17 heavy (non-hydrogen) atoms. The van der Waals surface area contributed by atoms with Crippen molar-refractivity contribution >= 4 is 15.9 Å². The summed E-state index contributed by atoms with van der Waals surface area (Å²) in [4.78, 5) is 0. The number of hydrogen-bond acceptors (Lipinski definition) is 2. The van der Waals surface area contributed by atoms with E-state index in [9.17, 15) is 0 Å². The van der Waals surface area contributed by atoms with Gasteiger partial charge in [0.25, 0.3) is 0 Å². The third-order valence-corrected chi connectivity index (χ3v) is 3.87. The molecule has 0 atom stereocenters. The fourth-order valence-electron chi connectivity index (χ4n) is 2.28. The first-order valence-electron chi connectivity index (χ1n) is 6.35. The topological polar surface area (TPSA) is 21.3 Å². The Balaban J connectivity index is 1.77. The Morgan fingerprint density at radius 1 is 1.35 bits per heavy atom. The highest BCUT2D eigenvalue weighted by molar-refractivity contribution is 9.10. The van der Waals surface area contributed by atoms with Crippen LogP contribution in [0.15, 0.2) is 22.7 Å². The minimum atomic E-state index is 0.840. The minimum absolute atomic E-state index is 0.840. The molecular weight excluding hydrogens is 278 g/mol. The molecular formula is C14H20BrNO. The van der Waals surface area contributed by atoms with Gasteiger partial charge >= 0.3 is 0 Å². The van der Waals surface area contributed by atoms with Gasteiger partial charge < -0.3 is 10.1 Å². The van der Waals surface area contributed by atoms with Gasteiger partial charge in [-0.05, 0) is 69.0 Å². The summed E-state index contributed by atoms with van der Waals surface area (Å²) in [5.74, 6) is 1.86. The fourth-order valence-corrected chi connectivity index (χ4v) is 2.76. The first-order valence-corrected chi connectivity index (χ1v) is 7.14. The van der Waals surface area contributed by atoms with Crippen LogP contribution in [-0.4, -0.2) is 19.7 Å². The van der Waals surface area contributed by atoms with Crippen LogP contribution in [0.4, 0.5) is 0 Å². The van der Waals surface area contributed by atoms with Crippen molar-refractivity contribution in [3.63, 3.8) is 0 Å². The lowest BCUT2D eigenvalue weighted by Crippen LogP contribution is -2.28. The molecule has 1 aliphatic heterocycles. The van der Waals surface area contributed by atoms with Gasteiger partial charge in [0, 0.05) is 4.47 Å². The molecule has 0 spiro atoms. The zero-order chi connectivity index (χ0) is 12.1. The van der Waals surface area contributed by atoms with Crippen molar-refractivity contribution in [1.82, 2.24) is 5.32 Å². The lowest BCUT2D eigenvalue weighted by atomic mass is 9.95. The Bertz CT molecular complexity index is 361. The van der Waals surface area contributed by atoms with Crippen molar-refractivity contribution in [1.29, 1.82) is 0 Å². The van der Waals surface area contributed by atoms with E-state index in [-0.39, 0.29) is 0 Å². The van der Waals surface area contributed by atoms with Crippen LogP contribution in [0.1, 0.15) is 24.8 Å². The monoisotopic (exact) mass is 297 g/mol. The molecule has 1 fully saturated rings. The second-order valence-electron chi connectivity index (χ2n) is 4.74. The molecule has 3 heteroatoms. The van der Waals surface area contributed by atoms with Crippen LogP contribution in [0, 0.1) is 12.8 Å². The predicted octanol–water partition coefficient (Wildman–Crippen LogP) is 3.53. The highest BCUT2D eigenvalue weighted by Crippen LogP contribution is 2.23. The normalized spacial score (nSPS) is 17.1. The van der Waals surface area contributed by atoms with Crippen LogP contribution < -0.4 is 10.1 Å². The minimum Gasteiger partial charge on any atom is -0.493 e. The van der Waals surface area contributed by atoms with Gasteiger partial charge in [0.2, 0.25) is 0 Å². The highest BCUT2D eigenvalue weighted by Gasteiger charge is 2.12. The molecule has 0 amide bonds. The molecule has 2 nitrogen and oxygen atoms in total. The van der Waals surface area contributed by atoms with Crippen molar-refractivity contribution in [2.45, 2.75) is 26.2 Å². The number of piperidine rings is 1. The van der Waals surface area contributed by atoms with Crippen LogP contribution in [0.25, 0.3) is 0 Å². The maximum atomic E-state index is 5.85. The summed E-state index contributed by atoms with van der Waals surface area (Å²) in [7, 11) is 0. The molecule has 1 aliphatic rings. The van der Waals surface area contributed by atoms with Crippen molar-refractivity contribution in [3.8, 4) is 5.75 Å². The molecule has 0 aliphatic carbocycles. The van der Waals surface area contributed by atoms with Crippen LogP contribution >= 0.6 is 15.9 Å². The average Bonchev–Trinajstić information content (AvgIpc) is 2.33. The molecule has 0 bridgehead atoms. The second-order valence-corrected chi connectivity index (χ2v) is 5.66. The van der Waals surface area contributed by atoms with Gasteiger partial charge in [0.1, 0.15) is 5.75 Å². The van der Waals surface area contributed by atoms with E-state index >= 15 is 0 Å². The molecule has 0 radical (unpaired) electrons. The molecule has 1 heterocycles. The van der Waals surface area contributed by atoms with E-state index in [4.69, 9.17) is 4.74 Å². The first kappa shape index (κ1) is 12.9. The standard InChI is InChI=1S/C14H20BrNO/c1-11-10-13(15)2-3-14(11)17-9-6-12-4-7-16-8-5-12/h2-3,10,12,16H,4-9H2,1H3. The molecule has 0 aromatic heterocycles. The van der Waals surface area contributed by atoms with Crippen molar-refractivity contribution in [2.75, 3.05) is 19.7 Å². The van der Waals surface area contributed by atoms with Crippen molar-refractivity contribution in [2.24, 2.45) is 5.92 Å². The molecule has 0 saturated carbocycles. The van der Waals surface area contributed by atoms with E-state index in [1.54, 1.807) is 0 Å². The molecule has 1 aromatic carbocycles. The maximum absolute atomic E-state index is 5.85. The van der Waals surface area contributed by atoms with Gasteiger partial charge in [-0.3, -0.25) is 0 Å². The van der Waals surface area contributed by atoms with Crippen molar-refractivity contribution < 1.29 is 4.74 Å². The first-order chi connectivity index (χ1) is 8.25. The molecule has 2 rings (SSSR count). The quantitative estimate of drug-likeness (QED) is 0.918. The Morgan fingerprint density at radius 2 is 2.12 bits per heavy atom. The van der Waals surface area contributed by atoms with E-state index in [0.717, 1.165) is 22.7 Å². The summed E-state index contributed by atoms with van der Waals surface area (Å²) in [5, 5.41) is 3.39. The predicted molar refractivity (Wildman–Crippen MR) is 74.6 cm³/mol. The van der Waals surface area contributed by atoms with Crippen LogP contribution in [0.5, 0.6) is 5.75 Å². The third kappa shape index (κ3) is 4.00. The molecule has 1 saturated heterocycles. The maximum Gasteiger partial charge on any atom is 0.122 e. The number of hydrogen-bond donors (Lipinski definition) is 1. The van der Waals surface area contributed by atoms with E-state index in [2.05, 4.69) is 34.2 Å². The van der Waals surface area contributed by atoms with Crippen LogP contribution in [-0.2, 0) is 0 Å². The van der Waals surface area contributed by atoms with Gasteiger partial charge in [0.15, 0.2) is 0 Å². The number of benzene rings is 1. The number of rotatable bonds is 4. The Hall–Kier alpha value is -0.540. The molecule has 1 N–H and O–H groups in total. The summed E-state index contributed by atoms with van der Waals surface area (Å²) >= 11 is 3.46. The van der Waals surface area contributed by atoms with Gasteiger partial charge in [-0.1, -0.05) is 15.9 Å². The smallest absolute Gasteiger partial charge is 0.122 e. The second kappa shape index (κ2) is 6.41. The summed E-state index contributed by atoms with van der Waals surface area (Å²) in [6, 6.07) is 6.18. The van der Waals surface area contributed by atoms with Gasteiger partial charge in [0.05, 0.1) is 6.61 Å². The van der Waals surface area contributed by atoms with E-state index < -0.39 is 0 Å². The molecule has 0 unspecified atom stereocenters. The van der Waals surface area contributed by atoms with Gasteiger partial charge in [-0.15, -0.1) is 0 Å². The Kier molecular flexibility index (Phi) is 4.86. The number of aryl methyl sites for hydroxylation is 1. The number of halogens is 1. The molecule has 1 aromatic rings. The Morgan fingerprint density at radius 3 is 2.82 bits per heavy atom. The summed E-state index contributed by atoms with van der Waals surface area (Å²) < 4.78 is 6.97. The van der Waals surface area contributed by atoms with Crippen molar-refractivity contribution in [3.05, 3.63) is 28.2 Å². The van der Waals surface area contributed by atoms with Gasteiger partial charge in [-0.2, -0.15) is 0 Å². The lowest BCUT2D eigenvalue weighted by Gasteiger charge is -2.22. The van der Waals surface area contributed by atoms with Crippen LogP contribution in [0.3, 0.4) is 0 Å². The SMILES string of the molecule is Cc1cc(Br)ccc1OCCC1CCNCC1. The van der Waals surface area contributed by atoms with Gasteiger partial charge in [-0.25, -0.2) is 0 Å². The summed E-state index contributed by atoms with van der Waals surface area (Å²) in [6.07, 6.45) is 3.77. The van der Waals surface area contributed by atoms with E-state index in [1.807, 2.05) is 12.1 Å². The van der Waals surface area contributed by atoms with E-state index in [0.29, 0.717) is 0 Å². The number of ether oxygens (including phenoxy) is 1. The zero-order valence-corrected chi connectivity index (χ0v) is 11.9. The summed E-state index contributed by atoms with van der Waals surface area (Å²) in [6.45, 7) is 5.27. The number of nitrogens with one attached hydrogen (secondary N) is 1. The average molecular weight is 298 g/mol. The van der Waals surface area contributed by atoms with Crippen LogP contribution in [0.2, 0.25) is 0 Å². The highest BCUT2D eigenvalue weighted by atomic mass is 79.9. The fraction of sp³-hybridized carbons (Fsp3) is 0.571. The Labute approximate surface area is 112 Å². The third-order valence-electron chi connectivity index (χ3n) is 3.38. The largest absolute Gasteiger partial charge is 0.493 e.